The number of aryl methyl sites for hydroxylation is 1. The standard InChI is InChI=1S/C20H27FO3/c21-18-14-19(22)17(13-12-15-8-4-3-5-9-15)16(18)10-6-1-2-7-11-20(23)24/h3-5,8-9,16-18H,1-2,6-7,10-14H2,(H,23,24)/t16-,17-,18?/m1/s1. The lowest BCUT2D eigenvalue weighted by atomic mass is 9.85. The van der Waals surface area contributed by atoms with E-state index in [-0.39, 0.29) is 30.5 Å². The number of alkyl halides is 1. The number of carbonyl (C=O) groups excluding carboxylic acids is 1. The molecule has 0 saturated heterocycles. The Morgan fingerprint density at radius 1 is 1.08 bits per heavy atom. The van der Waals surface area contributed by atoms with E-state index in [4.69, 9.17) is 5.11 Å². The highest BCUT2D eigenvalue weighted by Gasteiger charge is 2.41. The maximum absolute atomic E-state index is 14.2. The fraction of sp³-hybridized carbons (Fsp3) is 0.600. The van der Waals surface area contributed by atoms with Crippen LogP contribution in [-0.2, 0) is 16.0 Å². The predicted octanol–water partition coefficient (Wildman–Crippen LogP) is 4.59. The molecule has 3 atom stereocenters. The fourth-order valence-electron chi connectivity index (χ4n) is 3.72. The smallest absolute Gasteiger partial charge is 0.303 e. The first-order chi connectivity index (χ1) is 11.6. The van der Waals surface area contributed by atoms with Crippen LogP contribution < -0.4 is 0 Å². The van der Waals surface area contributed by atoms with Gasteiger partial charge in [-0.15, -0.1) is 0 Å². The molecule has 0 heterocycles. The number of hydrogen-bond donors (Lipinski definition) is 1. The van der Waals surface area contributed by atoms with Crippen LogP contribution in [0.3, 0.4) is 0 Å². The van der Waals surface area contributed by atoms with Crippen molar-refractivity contribution in [2.75, 3.05) is 0 Å². The summed E-state index contributed by atoms with van der Waals surface area (Å²) < 4.78 is 14.2. The van der Waals surface area contributed by atoms with Crippen molar-refractivity contribution in [3.63, 3.8) is 0 Å². The summed E-state index contributed by atoms with van der Waals surface area (Å²) in [7, 11) is 0. The molecule has 4 heteroatoms. The average Bonchev–Trinajstić information content (AvgIpc) is 2.83. The van der Waals surface area contributed by atoms with Crippen molar-refractivity contribution in [2.45, 2.75) is 64.0 Å². The van der Waals surface area contributed by atoms with Crippen LogP contribution in [0, 0.1) is 11.8 Å². The van der Waals surface area contributed by atoms with Crippen molar-refractivity contribution in [1.29, 1.82) is 0 Å². The summed E-state index contributed by atoms with van der Waals surface area (Å²) in [5, 5.41) is 8.61. The van der Waals surface area contributed by atoms with Crippen molar-refractivity contribution in [2.24, 2.45) is 11.8 Å². The van der Waals surface area contributed by atoms with E-state index in [2.05, 4.69) is 0 Å². The zero-order valence-electron chi connectivity index (χ0n) is 14.1. The molecule has 0 radical (unpaired) electrons. The number of rotatable bonds is 10. The van der Waals surface area contributed by atoms with E-state index in [0.29, 0.717) is 6.42 Å². The van der Waals surface area contributed by atoms with Crippen LogP contribution in [0.5, 0.6) is 0 Å². The van der Waals surface area contributed by atoms with Gasteiger partial charge < -0.3 is 5.11 Å². The van der Waals surface area contributed by atoms with Gasteiger partial charge in [-0.05, 0) is 31.2 Å². The van der Waals surface area contributed by atoms with Gasteiger partial charge in [0.15, 0.2) is 0 Å². The van der Waals surface area contributed by atoms with Crippen molar-refractivity contribution in [1.82, 2.24) is 0 Å². The van der Waals surface area contributed by atoms with Gasteiger partial charge in [0.1, 0.15) is 12.0 Å². The number of benzene rings is 1. The quantitative estimate of drug-likeness (QED) is 0.637. The van der Waals surface area contributed by atoms with Crippen molar-refractivity contribution < 1.29 is 19.1 Å². The van der Waals surface area contributed by atoms with E-state index in [1.807, 2.05) is 30.3 Å². The molecule has 0 aliphatic heterocycles. The van der Waals surface area contributed by atoms with Gasteiger partial charge in [0.05, 0.1) is 0 Å². The Balaban J connectivity index is 1.76. The highest BCUT2D eigenvalue weighted by atomic mass is 19.1. The van der Waals surface area contributed by atoms with Gasteiger partial charge in [-0.1, -0.05) is 49.6 Å². The van der Waals surface area contributed by atoms with Crippen molar-refractivity contribution in [3.05, 3.63) is 35.9 Å². The Hall–Kier alpha value is -1.71. The number of ketones is 1. The third-order valence-corrected chi connectivity index (χ3v) is 5.06. The second kappa shape index (κ2) is 9.55. The van der Waals surface area contributed by atoms with E-state index in [1.54, 1.807) is 0 Å². The second-order valence-corrected chi connectivity index (χ2v) is 6.83. The van der Waals surface area contributed by atoms with E-state index in [1.165, 1.54) is 5.56 Å². The Bertz CT molecular complexity index is 529. The average molecular weight is 334 g/mol. The summed E-state index contributed by atoms with van der Waals surface area (Å²) in [6.45, 7) is 0. The third kappa shape index (κ3) is 5.73. The van der Waals surface area contributed by atoms with Crippen LogP contribution in [0.2, 0.25) is 0 Å². The summed E-state index contributed by atoms with van der Waals surface area (Å²) in [6.07, 6.45) is 4.88. The summed E-state index contributed by atoms with van der Waals surface area (Å²) in [5.41, 5.74) is 1.19. The van der Waals surface area contributed by atoms with Gasteiger partial charge >= 0.3 is 5.97 Å². The minimum Gasteiger partial charge on any atom is -0.481 e. The largest absolute Gasteiger partial charge is 0.481 e. The number of hydrogen-bond acceptors (Lipinski definition) is 2. The SMILES string of the molecule is O=C(O)CCCCCC[C@H]1C(F)CC(=O)[C@@H]1CCc1ccccc1. The van der Waals surface area contributed by atoms with Crippen LogP contribution in [0.15, 0.2) is 30.3 Å². The van der Waals surface area contributed by atoms with Crippen LogP contribution >= 0.6 is 0 Å². The molecule has 0 bridgehead atoms. The van der Waals surface area contributed by atoms with E-state index < -0.39 is 12.1 Å². The zero-order chi connectivity index (χ0) is 17.4. The van der Waals surface area contributed by atoms with Crippen LogP contribution in [0.4, 0.5) is 4.39 Å². The van der Waals surface area contributed by atoms with E-state index >= 15 is 0 Å². The highest BCUT2D eigenvalue weighted by molar-refractivity contribution is 5.84. The number of carboxylic acid groups (broad SMARTS) is 1. The first-order valence-electron chi connectivity index (χ1n) is 9.00. The predicted molar refractivity (Wildman–Crippen MR) is 91.6 cm³/mol. The molecule has 2 rings (SSSR count). The summed E-state index contributed by atoms with van der Waals surface area (Å²) >= 11 is 0. The zero-order valence-corrected chi connectivity index (χ0v) is 14.1. The van der Waals surface area contributed by atoms with Gasteiger partial charge in [-0.25, -0.2) is 4.39 Å². The molecule has 1 N–H and O–H groups in total. The monoisotopic (exact) mass is 334 g/mol. The maximum atomic E-state index is 14.2. The van der Waals surface area contributed by atoms with Gasteiger partial charge in [0.25, 0.3) is 0 Å². The molecular weight excluding hydrogens is 307 g/mol. The lowest BCUT2D eigenvalue weighted by Gasteiger charge is -2.20. The normalized spacial score (nSPS) is 23.5. The summed E-state index contributed by atoms with van der Waals surface area (Å²) in [6, 6.07) is 10.0. The molecule has 1 aliphatic rings. The molecular formula is C20H27FO3. The van der Waals surface area contributed by atoms with E-state index in [0.717, 1.165) is 38.5 Å². The fourth-order valence-corrected chi connectivity index (χ4v) is 3.72. The topological polar surface area (TPSA) is 54.4 Å². The van der Waals surface area contributed by atoms with Crippen LogP contribution in [0.1, 0.15) is 56.9 Å². The Labute approximate surface area is 143 Å². The number of halogens is 1. The summed E-state index contributed by atoms with van der Waals surface area (Å²) in [4.78, 5) is 22.6. The van der Waals surface area contributed by atoms with Crippen LogP contribution in [-0.4, -0.2) is 23.0 Å². The first-order valence-corrected chi connectivity index (χ1v) is 9.00. The second-order valence-electron chi connectivity index (χ2n) is 6.83. The minimum absolute atomic E-state index is 0.0726. The number of unbranched alkanes of at least 4 members (excludes halogenated alkanes) is 3. The molecule has 3 nitrogen and oxygen atoms in total. The molecule has 0 spiro atoms. The Morgan fingerprint density at radius 3 is 2.50 bits per heavy atom. The summed E-state index contributed by atoms with van der Waals surface area (Å²) in [5.74, 6) is -0.990. The van der Waals surface area contributed by atoms with Crippen molar-refractivity contribution in [3.8, 4) is 0 Å². The van der Waals surface area contributed by atoms with E-state index in [9.17, 15) is 14.0 Å². The van der Waals surface area contributed by atoms with Gasteiger partial charge in [-0.3, -0.25) is 9.59 Å². The van der Waals surface area contributed by atoms with Gasteiger partial charge in [-0.2, -0.15) is 0 Å². The first kappa shape index (κ1) is 18.6. The number of carbonyl (C=O) groups is 2. The number of Topliss-reactive ketones (excluding diaryl/α,β-unsaturated/α-hetero) is 1. The molecule has 1 saturated carbocycles. The van der Waals surface area contributed by atoms with Gasteiger partial charge in [0, 0.05) is 24.7 Å². The van der Waals surface area contributed by atoms with Crippen LogP contribution in [0.25, 0.3) is 0 Å². The lowest BCUT2D eigenvalue weighted by Crippen LogP contribution is -2.19. The molecule has 0 amide bonds. The Morgan fingerprint density at radius 2 is 1.79 bits per heavy atom. The molecule has 1 fully saturated rings. The Kier molecular flexibility index (Phi) is 7.41. The third-order valence-electron chi connectivity index (χ3n) is 5.06. The molecule has 0 aromatic heterocycles. The van der Waals surface area contributed by atoms with Crippen molar-refractivity contribution >= 4 is 11.8 Å². The number of carboxylic acids is 1. The van der Waals surface area contributed by atoms with Gasteiger partial charge in [0.2, 0.25) is 0 Å². The molecule has 1 aliphatic carbocycles. The number of aliphatic carboxylic acids is 1. The molecule has 132 valence electrons. The highest BCUT2D eigenvalue weighted by Crippen LogP contribution is 2.38. The molecule has 1 unspecified atom stereocenters. The molecule has 1 aromatic rings. The molecule has 24 heavy (non-hydrogen) atoms. The molecule has 1 aromatic carbocycles. The minimum atomic E-state index is -1.00. The maximum Gasteiger partial charge on any atom is 0.303 e. The lowest BCUT2D eigenvalue weighted by molar-refractivity contribution is -0.137.